The number of aromatic nitrogens is 4. The second-order valence-corrected chi connectivity index (χ2v) is 7.67. The van der Waals surface area contributed by atoms with Crippen LogP contribution in [0.2, 0.25) is 0 Å². The molecule has 8 heteroatoms. The number of amides is 2. The lowest BCUT2D eigenvalue weighted by Gasteiger charge is -2.34. The molecule has 0 spiro atoms. The van der Waals surface area contributed by atoms with Crippen molar-refractivity contribution in [3.8, 4) is 0 Å². The number of pyridine rings is 1. The molecule has 1 aromatic carbocycles. The monoisotopic (exact) mass is 419 g/mol. The van der Waals surface area contributed by atoms with Gasteiger partial charge in [0.1, 0.15) is 17.8 Å². The van der Waals surface area contributed by atoms with E-state index in [1.165, 1.54) is 5.56 Å². The van der Waals surface area contributed by atoms with Gasteiger partial charge >= 0.3 is 6.03 Å². The first-order chi connectivity index (χ1) is 15.3. The molecule has 1 atom stereocenters. The Labute approximate surface area is 184 Å². The zero-order chi connectivity index (χ0) is 21.0. The predicted molar refractivity (Wildman–Crippen MR) is 128 cm³/mol. The van der Waals surface area contributed by atoms with E-state index in [4.69, 9.17) is 0 Å². The van der Waals surface area contributed by atoms with Crippen LogP contribution in [0, 0.1) is 0 Å². The molecule has 4 heterocycles. The van der Waals surface area contributed by atoms with Crippen molar-refractivity contribution in [2.75, 3.05) is 28.6 Å². The van der Waals surface area contributed by atoms with Crippen molar-refractivity contribution in [1.29, 1.82) is 0 Å². The van der Waals surface area contributed by atoms with E-state index >= 15 is 0 Å². The number of carbonyl (C=O) groups is 1. The predicted octanol–water partition coefficient (Wildman–Crippen LogP) is 5.12. The molecule has 0 radical (unpaired) electrons. The summed E-state index contributed by atoms with van der Waals surface area (Å²) in [6, 6.07) is 13.4. The first kappa shape index (κ1) is 19.0. The first-order valence-corrected chi connectivity index (χ1v) is 10.4. The third kappa shape index (κ3) is 4.18. The summed E-state index contributed by atoms with van der Waals surface area (Å²) in [5.74, 6) is 1.34. The normalized spacial score (nSPS) is 16.3. The smallest absolute Gasteiger partial charge is 0.323 e. The van der Waals surface area contributed by atoms with E-state index < -0.39 is 0 Å². The first-order valence-electron chi connectivity index (χ1n) is 10.4. The van der Waals surface area contributed by atoms with Gasteiger partial charge < -0.3 is 20.5 Å². The van der Waals surface area contributed by atoms with Crippen molar-refractivity contribution in [1.82, 2.24) is 19.9 Å². The van der Waals surface area contributed by atoms with Crippen LogP contribution < -0.4 is 15.5 Å². The third-order valence-electron chi connectivity index (χ3n) is 5.59. The van der Waals surface area contributed by atoms with Crippen LogP contribution in [-0.2, 0) is 0 Å². The van der Waals surface area contributed by atoms with Crippen LogP contribution in [0.15, 0.2) is 67.4 Å². The van der Waals surface area contributed by atoms with Gasteiger partial charge in [-0.15, -0.1) is 0 Å². The molecule has 1 aliphatic heterocycles. The minimum absolute atomic E-state index is 0. The molecule has 162 valence electrons. The number of H-pyrrole nitrogens is 1. The number of rotatable bonds is 4. The van der Waals surface area contributed by atoms with Crippen LogP contribution >= 0.6 is 0 Å². The highest BCUT2D eigenvalue weighted by Gasteiger charge is 2.24. The Morgan fingerprint density at radius 3 is 2.94 bits per heavy atom. The van der Waals surface area contributed by atoms with Crippen molar-refractivity contribution in [2.24, 2.45) is 0 Å². The number of fused-ring (bicyclic) bond motifs is 1. The summed E-state index contributed by atoms with van der Waals surface area (Å²) < 4.78 is 0. The molecule has 2 amide bonds. The van der Waals surface area contributed by atoms with Gasteiger partial charge in [-0.1, -0.05) is 12.1 Å². The highest BCUT2D eigenvalue weighted by atomic mass is 16.2. The molecule has 3 N–H and O–H groups in total. The number of carbonyl (C=O) groups excluding carboxylic acids is 1. The van der Waals surface area contributed by atoms with E-state index in [1.54, 1.807) is 30.9 Å². The fraction of sp³-hybridized carbons (Fsp3) is 0.217. The topological polar surface area (TPSA) is 98.8 Å². The molecule has 3 aromatic heterocycles. The van der Waals surface area contributed by atoms with Gasteiger partial charge in [-0.2, -0.15) is 0 Å². The number of nitrogens with one attached hydrogen (secondary N) is 3. The molecule has 5 rings (SSSR count). The fourth-order valence-electron chi connectivity index (χ4n) is 4.15. The number of benzene rings is 1. The number of hydrogen-bond acceptors (Lipinski definition) is 5. The number of aromatic amines is 1. The molecule has 0 aliphatic carbocycles. The van der Waals surface area contributed by atoms with E-state index in [0.29, 0.717) is 11.6 Å². The average Bonchev–Trinajstić information content (AvgIpc) is 3.29. The standard InChI is InChI=1S/C23H23N7O.3H2/c31-23(29-19-7-2-9-24-13-19)28-18-6-1-4-16(12-18)17-5-3-11-30(14-17)22-20-8-10-25-21(20)26-15-27-22;;;/h1-2,4,6-10,12-13,15,17H,3,5,11,14H2,(H,25,26,27)(H2,28,29,31);3*1H. The summed E-state index contributed by atoms with van der Waals surface area (Å²) in [5.41, 5.74) is 3.49. The van der Waals surface area contributed by atoms with Crippen molar-refractivity contribution in [3.63, 3.8) is 0 Å². The van der Waals surface area contributed by atoms with Crippen LogP contribution in [0.5, 0.6) is 0 Å². The Morgan fingerprint density at radius 2 is 2.03 bits per heavy atom. The lowest BCUT2D eigenvalue weighted by molar-refractivity contribution is 0.262. The van der Waals surface area contributed by atoms with E-state index in [2.05, 4.69) is 47.6 Å². The second kappa shape index (κ2) is 8.43. The van der Waals surface area contributed by atoms with Crippen molar-refractivity contribution < 1.29 is 9.07 Å². The number of nitrogens with zero attached hydrogens (tertiary/aromatic N) is 4. The minimum Gasteiger partial charge on any atom is -0.355 e. The molecular weight excluding hydrogens is 390 g/mol. The maximum atomic E-state index is 12.3. The summed E-state index contributed by atoms with van der Waals surface area (Å²) in [5, 5.41) is 6.76. The molecule has 1 aliphatic rings. The number of anilines is 3. The molecule has 1 saturated heterocycles. The van der Waals surface area contributed by atoms with E-state index in [-0.39, 0.29) is 10.3 Å². The van der Waals surface area contributed by atoms with Crippen LogP contribution in [-0.4, -0.2) is 39.1 Å². The number of hydrogen-bond donors (Lipinski definition) is 3. The Hall–Kier alpha value is -3.94. The highest BCUT2D eigenvalue weighted by molar-refractivity contribution is 5.99. The van der Waals surface area contributed by atoms with E-state index in [1.807, 2.05) is 24.4 Å². The van der Waals surface area contributed by atoms with Gasteiger partial charge in [0.2, 0.25) is 0 Å². The van der Waals surface area contributed by atoms with E-state index in [0.717, 1.165) is 48.5 Å². The summed E-state index contributed by atoms with van der Waals surface area (Å²) >= 11 is 0. The zero-order valence-corrected chi connectivity index (χ0v) is 17.0. The number of urea groups is 1. The Morgan fingerprint density at radius 1 is 1.13 bits per heavy atom. The maximum Gasteiger partial charge on any atom is 0.323 e. The Kier molecular flexibility index (Phi) is 5.18. The average molecular weight is 420 g/mol. The SMILES string of the molecule is O=C(Nc1cccnc1)Nc1cccc(C2CCCN(c3ncnc4[nH]ccc34)C2)c1.[HH].[HH].[HH]. The van der Waals surface area contributed by atoms with Gasteiger partial charge in [-0.3, -0.25) is 4.98 Å². The van der Waals surface area contributed by atoms with Crippen LogP contribution in [0.3, 0.4) is 0 Å². The van der Waals surface area contributed by atoms with Gasteiger partial charge in [0, 0.05) is 41.4 Å². The Bertz CT molecular complexity index is 1210. The van der Waals surface area contributed by atoms with Gasteiger partial charge in [-0.05, 0) is 48.7 Å². The maximum absolute atomic E-state index is 12.3. The fourth-order valence-corrected chi connectivity index (χ4v) is 4.15. The van der Waals surface area contributed by atoms with Crippen molar-refractivity contribution in [3.05, 3.63) is 72.9 Å². The molecule has 1 unspecified atom stereocenters. The summed E-state index contributed by atoms with van der Waals surface area (Å²) in [6.45, 7) is 1.85. The summed E-state index contributed by atoms with van der Waals surface area (Å²) in [7, 11) is 0. The van der Waals surface area contributed by atoms with Gasteiger partial charge in [0.25, 0.3) is 0 Å². The summed E-state index contributed by atoms with van der Waals surface area (Å²) in [4.78, 5) is 30.7. The second-order valence-electron chi connectivity index (χ2n) is 7.67. The molecule has 0 bridgehead atoms. The molecule has 8 nitrogen and oxygen atoms in total. The molecule has 1 fully saturated rings. The third-order valence-corrected chi connectivity index (χ3v) is 5.59. The lowest BCUT2D eigenvalue weighted by atomic mass is 9.90. The van der Waals surface area contributed by atoms with Crippen molar-refractivity contribution >= 4 is 34.3 Å². The molecule has 4 aromatic rings. The van der Waals surface area contributed by atoms with Crippen molar-refractivity contribution in [2.45, 2.75) is 18.8 Å². The zero-order valence-electron chi connectivity index (χ0n) is 17.0. The molecular formula is C23H29N7O. The van der Waals surface area contributed by atoms with Crippen LogP contribution in [0.4, 0.5) is 22.0 Å². The highest BCUT2D eigenvalue weighted by Crippen LogP contribution is 2.32. The minimum atomic E-state index is -0.286. The van der Waals surface area contributed by atoms with Crippen LogP contribution in [0.25, 0.3) is 11.0 Å². The summed E-state index contributed by atoms with van der Waals surface area (Å²) in [6.07, 6.45) is 8.98. The quantitative estimate of drug-likeness (QED) is 0.426. The van der Waals surface area contributed by atoms with E-state index in [9.17, 15) is 4.79 Å². The van der Waals surface area contributed by atoms with Gasteiger partial charge in [-0.25, -0.2) is 14.8 Å². The number of piperidine rings is 1. The largest absolute Gasteiger partial charge is 0.355 e. The van der Waals surface area contributed by atoms with Gasteiger partial charge in [0.15, 0.2) is 0 Å². The molecule has 31 heavy (non-hydrogen) atoms. The molecule has 0 saturated carbocycles. The Balaban J connectivity index is 0.00000136. The van der Waals surface area contributed by atoms with Crippen LogP contribution in [0.1, 0.15) is 28.6 Å². The lowest BCUT2D eigenvalue weighted by Crippen LogP contribution is -2.35. The van der Waals surface area contributed by atoms with Gasteiger partial charge in [0.05, 0.1) is 17.3 Å².